The van der Waals surface area contributed by atoms with Crippen LogP contribution in [0.1, 0.15) is 59.1 Å². The van der Waals surface area contributed by atoms with Crippen LogP contribution in [0, 0.1) is 5.92 Å². The number of unbranched alkanes of at least 4 members (excludes halogenated alkanes) is 1. The fraction of sp³-hybridized carbons (Fsp3) is 0.857. The number of aromatic nitrogens is 3. The lowest BCUT2D eigenvalue weighted by molar-refractivity contribution is 0.368. The lowest BCUT2D eigenvalue weighted by atomic mass is 9.99. The summed E-state index contributed by atoms with van der Waals surface area (Å²) < 4.78 is 2.00. The molecule has 1 N–H and O–H groups in total. The smallest absolute Gasteiger partial charge is 0.0964 e. The van der Waals surface area contributed by atoms with E-state index in [2.05, 4.69) is 49.5 Å². The highest BCUT2D eigenvalue weighted by atomic mass is 15.4. The number of nitrogens with zero attached hydrogens (tertiary/aromatic N) is 3. The third-order valence-electron chi connectivity index (χ3n) is 3.27. The average molecular weight is 252 g/mol. The summed E-state index contributed by atoms with van der Waals surface area (Å²) in [6.07, 6.45) is 7.18. The summed E-state index contributed by atoms with van der Waals surface area (Å²) in [5, 5.41) is 11.8. The first-order chi connectivity index (χ1) is 8.65. The van der Waals surface area contributed by atoms with Gasteiger partial charge >= 0.3 is 0 Å². The predicted molar refractivity (Wildman–Crippen MR) is 75.3 cm³/mol. The topological polar surface area (TPSA) is 42.7 Å². The van der Waals surface area contributed by atoms with Gasteiger partial charge in [0.25, 0.3) is 0 Å². The van der Waals surface area contributed by atoms with Crippen LogP contribution in [0.5, 0.6) is 0 Å². The Kier molecular flexibility index (Phi) is 6.94. The van der Waals surface area contributed by atoms with Crippen LogP contribution in [-0.4, -0.2) is 21.0 Å². The Labute approximate surface area is 111 Å². The van der Waals surface area contributed by atoms with Crippen molar-refractivity contribution in [2.24, 2.45) is 5.92 Å². The van der Waals surface area contributed by atoms with Crippen LogP contribution in [0.25, 0.3) is 0 Å². The van der Waals surface area contributed by atoms with Gasteiger partial charge in [0.15, 0.2) is 0 Å². The molecule has 0 fully saturated rings. The summed E-state index contributed by atoms with van der Waals surface area (Å²) in [7, 11) is 0. The van der Waals surface area contributed by atoms with Crippen LogP contribution in [-0.2, 0) is 13.1 Å². The van der Waals surface area contributed by atoms with Gasteiger partial charge in [0.05, 0.1) is 5.69 Å². The fourth-order valence-electron chi connectivity index (χ4n) is 2.00. The second-order valence-electron chi connectivity index (χ2n) is 5.38. The van der Waals surface area contributed by atoms with Gasteiger partial charge in [-0.3, -0.25) is 4.68 Å². The Morgan fingerprint density at radius 2 is 2.11 bits per heavy atom. The van der Waals surface area contributed by atoms with Gasteiger partial charge in [0.2, 0.25) is 0 Å². The molecule has 0 radical (unpaired) electrons. The van der Waals surface area contributed by atoms with E-state index < -0.39 is 0 Å². The number of rotatable bonds is 9. The molecule has 104 valence electrons. The van der Waals surface area contributed by atoms with Crippen LogP contribution in [0.4, 0.5) is 0 Å². The molecule has 0 aliphatic rings. The highest BCUT2D eigenvalue weighted by Gasteiger charge is 2.08. The molecule has 0 aromatic carbocycles. The molecule has 0 amide bonds. The van der Waals surface area contributed by atoms with Crippen molar-refractivity contribution in [2.75, 3.05) is 0 Å². The quantitative estimate of drug-likeness (QED) is 0.734. The first-order valence-electron chi connectivity index (χ1n) is 7.28. The van der Waals surface area contributed by atoms with Crippen LogP contribution in [0.15, 0.2) is 6.20 Å². The number of nitrogens with one attached hydrogen (secondary N) is 1. The van der Waals surface area contributed by atoms with E-state index in [9.17, 15) is 0 Å². The highest BCUT2D eigenvalue weighted by molar-refractivity contribution is 4.91. The Morgan fingerprint density at radius 1 is 1.33 bits per heavy atom. The minimum atomic E-state index is 0.489. The lowest BCUT2D eigenvalue weighted by Crippen LogP contribution is -2.22. The van der Waals surface area contributed by atoms with Gasteiger partial charge in [-0.15, -0.1) is 5.10 Å². The summed E-state index contributed by atoms with van der Waals surface area (Å²) in [5.74, 6) is 0.734. The third-order valence-corrected chi connectivity index (χ3v) is 3.27. The van der Waals surface area contributed by atoms with Gasteiger partial charge in [0, 0.05) is 25.3 Å². The molecular weight excluding hydrogens is 224 g/mol. The van der Waals surface area contributed by atoms with E-state index in [-0.39, 0.29) is 0 Å². The molecule has 0 saturated carbocycles. The van der Waals surface area contributed by atoms with Crippen molar-refractivity contribution in [3.8, 4) is 0 Å². The first kappa shape index (κ1) is 15.2. The van der Waals surface area contributed by atoms with Gasteiger partial charge in [-0.05, 0) is 12.3 Å². The molecular formula is C14H28N4. The first-order valence-corrected chi connectivity index (χ1v) is 7.28. The number of hydrogen-bond donors (Lipinski definition) is 1. The highest BCUT2D eigenvalue weighted by Crippen LogP contribution is 2.14. The standard InChI is InChI=1S/C14H28N4/c1-5-7-8-13(6-2)10-18-11-14(16-17-18)9-15-12(3)4/h11-13,15H,5-10H2,1-4H3. The van der Waals surface area contributed by atoms with Crippen molar-refractivity contribution in [1.82, 2.24) is 20.3 Å². The Bertz CT molecular complexity index is 319. The largest absolute Gasteiger partial charge is 0.309 e. The molecule has 1 atom stereocenters. The maximum atomic E-state index is 4.22. The van der Waals surface area contributed by atoms with Crippen LogP contribution in [0.3, 0.4) is 0 Å². The molecule has 1 aromatic rings. The minimum absolute atomic E-state index is 0.489. The average Bonchev–Trinajstić information content (AvgIpc) is 2.79. The summed E-state index contributed by atoms with van der Waals surface area (Å²) in [6.45, 7) is 10.6. The van der Waals surface area contributed by atoms with Crippen molar-refractivity contribution in [3.63, 3.8) is 0 Å². The van der Waals surface area contributed by atoms with Crippen LogP contribution in [0.2, 0.25) is 0 Å². The Balaban J connectivity index is 2.41. The van der Waals surface area contributed by atoms with E-state index in [0.717, 1.165) is 24.7 Å². The molecule has 4 nitrogen and oxygen atoms in total. The van der Waals surface area contributed by atoms with Gasteiger partial charge in [-0.1, -0.05) is 52.2 Å². The van der Waals surface area contributed by atoms with Gasteiger partial charge in [-0.2, -0.15) is 0 Å². The van der Waals surface area contributed by atoms with E-state index >= 15 is 0 Å². The molecule has 4 heteroatoms. The molecule has 18 heavy (non-hydrogen) atoms. The molecule has 1 aromatic heterocycles. The zero-order valence-corrected chi connectivity index (χ0v) is 12.3. The number of hydrogen-bond acceptors (Lipinski definition) is 3. The van der Waals surface area contributed by atoms with E-state index in [1.807, 2.05) is 4.68 Å². The monoisotopic (exact) mass is 252 g/mol. The molecule has 0 spiro atoms. The Morgan fingerprint density at radius 3 is 2.72 bits per heavy atom. The molecule has 1 rings (SSSR count). The summed E-state index contributed by atoms with van der Waals surface area (Å²) in [5.41, 5.74) is 1.04. The summed E-state index contributed by atoms with van der Waals surface area (Å²) in [4.78, 5) is 0. The zero-order valence-electron chi connectivity index (χ0n) is 12.3. The SMILES string of the molecule is CCCCC(CC)Cn1cc(CNC(C)C)nn1. The minimum Gasteiger partial charge on any atom is -0.309 e. The van der Waals surface area contributed by atoms with E-state index in [1.165, 1.54) is 25.7 Å². The van der Waals surface area contributed by atoms with Crippen LogP contribution < -0.4 is 5.32 Å². The molecule has 0 aliphatic heterocycles. The second kappa shape index (κ2) is 8.25. The Hall–Kier alpha value is -0.900. The normalized spacial score (nSPS) is 13.2. The van der Waals surface area contributed by atoms with E-state index in [0.29, 0.717) is 6.04 Å². The molecule has 1 unspecified atom stereocenters. The zero-order chi connectivity index (χ0) is 13.4. The molecule has 0 saturated heterocycles. The van der Waals surface area contributed by atoms with Gasteiger partial charge in [0.1, 0.15) is 0 Å². The van der Waals surface area contributed by atoms with Gasteiger partial charge < -0.3 is 5.32 Å². The van der Waals surface area contributed by atoms with Crippen LogP contribution >= 0.6 is 0 Å². The molecule has 0 aliphatic carbocycles. The lowest BCUT2D eigenvalue weighted by Gasteiger charge is -2.13. The van der Waals surface area contributed by atoms with Crippen molar-refractivity contribution >= 4 is 0 Å². The fourth-order valence-corrected chi connectivity index (χ4v) is 2.00. The maximum Gasteiger partial charge on any atom is 0.0964 e. The summed E-state index contributed by atoms with van der Waals surface area (Å²) >= 11 is 0. The third kappa shape index (κ3) is 5.63. The van der Waals surface area contributed by atoms with E-state index in [1.54, 1.807) is 0 Å². The summed E-state index contributed by atoms with van der Waals surface area (Å²) in [6, 6.07) is 0.489. The van der Waals surface area contributed by atoms with Crippen molar-refractivity contribution in [2.45, 2.75) is 72.5 Å². The van der Waals surface area contributed by atoms with Crippen molar-refractivity contribution < 1.29 is 0 Å². The second-order valence-corrected chi connectivity index (χ2v) is 5.38. The predicted octanol–water partition coefficient (Wildman–Crippen LogP) is 2.99. The maximum absolute atomic E-state index is 4.22. The van der Waals surface area contributed by atoms with Gasteiger partial charge in [-0.25, -0.2) is 0 Å². The molecule has 0 bridgehead atoms. The molecule has 1 heterocycles. The van der Waals surface area contributed by atoms with Crippen molar-refractivity contribution in [3.05, 3.63) is 11.9 Å². The van der Waals surface area contributed by atoms with E-state index in [4.69, 9.17) is 0 Å². The van der Waals surface area contributed by atoms with Crippen molar-refractivity contribution in [1.29, 1.82) is 0 Å².